The van der Waals surface area contributed by atoms with E-state index >= 15 is 0 Å². The van der Waals surface area contributed by atoms with Crippen molar-refractivity contribution in [3.05, 3.63) is 0 Å². The maximum Gasteiger partial charge on any atom is 0.255 e. The van der Waals surface area contributed by atoms with Gasteiger partial charge in [0.2, 0.25) is 0 Å². The quantitative estimate of drug-likeness (QED) is 0.536. The van der Waals surface area contributed by atoms with E-state index in [0.29, 0.717) is 0 Å². The minimum absolute atomic E-state index is 0.168. The summed E-state index contributed by atoms with van der Waals surface area (Å²) < 4.78 is 0. The number of piperidine rings is 1. The summed E-state index contributed by atoms with van der Waals surface area (Å²) in [5.74, 6) is -0.463. The van der Waals surface area contributed by atoms with Crippen LogP contribution in [0.2, 0.25) is 0 Å². The first-order valence-corrected chi connectivity index (χ1v) is 3.29. The van der Waals surface area contributed by atoms with E-state index in [9.17, 15) is 4.79 Å². The third-order valence-electron chi connectivity index (χ3n) is 1.63. The van der Waals surface area contributed by atoms with Crippen LogP contribution in [0.25, 0.3) is 0 Å². The van der Waals surface area contributed by atoms with Crippen molar-refractivity contribution < 1.29 is 4.79 Å². The third kappa shape index (κ3) is 1.68. The molecule has 1 fully saturated rings. The van der Waals surface area contributed by atoms with Gasteiger partial charge < -0.3 is 5.32 Å². The highest BCUT2D eigenvalue weighted by Gasteiger charge is 2.17. The number of amides is 1. The zero-order valence-electron chi connectivity index (χ0n) is 5.31. The number of carbonyl (C=O) groups is 1. The van der Waals surface area contributed by atoms with Gasteiger partial charge in [-0.25, -0.2) is 0 Å². The molecule has 0 bridgehead atoms. The van der Waals surface area contributed by atoms with E-state index in [1.54, 1.807) is 0 Å². The van der Waals surface area contributed by atoms with Crippen molar-refractivity contribution in [2.75, 3.05) is 6.54 Å². The first-order valence-electron chi connectivity index (χ1n) is 3.29. The Morgan fingerprint density at radius 3 is 2.67 bits per heavy atom. The largest absolute Gasteiger partial charge is 0.306 e. The highest BCUT2D eigenvalue weighted by Crippen LogP contribution is 2.05. The second kappa shape index (κ2) is 2.82. The predicted molar refractivity (Wildman–Crippen MR) is 33.7 cm³/mol. The van der Waals surface area contributed by atoms with E-state index in [2.05, 4.69) is 5.32 Å². The predicted octanol–water partition coefficient (Wildman–Crippen LogP) is -0.0620. The van der Waals surface area contributed by atoms with Crippen LogP contribution < -0.4 is 11.1 Å². The standard InChI is InChI=1S/C6H11N2O/c7-6(9)5-3-1-2-4-8-5/h5,7-8H,1-4H2. The zero-order chi connectivity index (χ0) is 6.69. The Labute approximate surface area is 54.6 Å². The summed E-state index contributed by atoms with van der Waals surface area (Å²) in [4.78, 5) is 10.4. The van der Waals surface area contributed by atoms with Crippen LogP contribution in [0.1, 0.15) is 19.3 Å². The number of hydrogen-bond donors (Lipinski definition) is 1. The molecule has 1 saturated heterocycles. The van der Waals surface area contributed by atoms with Crippen LogP contribution in [0.3, 0.4) is 0 Å². The minimum Gasteiger partial charge on any atom is -0.306 e. The smallest absolute Gasteiger partial charge is 0.255 e. The summed E-state index contributed by atoms with van der Waals surface area (Å²) in [6, 6.07) is -0.168. The van der Waals surface area contributed by atoms with Gasteiger partial charge in [-0.3, -0.25) is 10.5 Å². The molecule has 9 heavy (non-hydrogen) atoms. The summed E-state index contributed by atoms with van der Waals surface area (Å²) in [5, 5.41) is 2.98. The van der Waals surface area contributed by atoms with Gasteiger partial charge in [0.25, 0.3) is 5.91 Å². The summed E-state index contributed by atoms with van der Waals surface area (Å²) in [5.41, 5.74) is 6.77. The van der Waals surface area contributed by atoms with Gasteiger partial charge >= 0.3 is 0 Å². The molecule has 1 rings (SSSR count). The molecule has 3 nitrogen and oxygen atoms in total. The Morgan fingerprint density at radius 2 is 2.33 bits per heavy atom. The van der Waals surface area contributed by atoms with Crippen LogP contribution in [-0.4, -0.2) is 18.5 Å². The Balaban J connectivity index is 2.31. The molecule has 0 aromatic carbocycles. The molecule has 51 valence electrons. The van der Waals surface area contributed by atoms with Gasteiger partial charge in [0.1, 0.15) is 0 Å². The molecule has 2 N–H and O–H groups in total. The molecule has 3 heteroatoms. The van der Waals surface area contributed by atoms with Crippen LogP contribution in [0.4, 0.5) is 0 Å². The third-order valence-corrected chi connectivity index (χ3v) is 1.63. The van der Waals surface area contributed by atoms with Crippen LogP contribution >= 0.6 is 0 Å². The van der Waals surface area contributed by atoms with E-state index in [0.717, 1.165) is 25.8 Å². The molecule has 1 radical (unpaired) electrons. The number of hydrogen-bond acceptors (Lipinski definition) is 2. The zero-order valence-corrected chi connectivity index (χ0v) is 5.31. The van der Waals surface area contributed by atoms with Gasteiger partial charge in [-0.1, -0.05) is 6.42 Å². The van der Waals surface area contributed by atoms with Gasteiger partial charge in [0, 0.05) is 0 Å². The Morgan fingerprint density at radius 1 is 1.56 bits per heavy atom. The second-order valence-corrected chi connectivity index (χ2v) is 2.37. The van der Waals surface area contributed by atoms with E-state index in [4.69, 9.17) is 5.73 Å². The fourth-order valence-electron chi connectivity index (χ4n) is 1.08. The average molecular weight is 127 g/mol. The Bertz CT molecular complexity index is 108. The minimum atomic E-state index is -0.463. The van der Waals surface area contributed by atoms with E-state index < -0.39 is 5.91 Å². The van der Waals surface area contributed by atoms with Gasteiger partial charge in [-0.05, 0) is 19.4 Å². The maximum atomic E-state index is 10.4. The molecule has 1 aliphatic heterocycles. The lowest BCUT2D eigenvalue weighted by molar-refractivity contribution is -0.121. The summed E-state index contributed by atoms with van der Waals surface area (Å²) in [7, 11) is 0. The molecule has 0 saturated carbocycles. The normalized spacial score (nSPS) is 27.8. The number of carbonyl (C=O) groups excluding carboxylic acids is 1. The fraction of sp³-hybridized carbons (Fsp3) is 0.833. The fourth-order valence-corrected chi connectivity index (χ4v) is 1.08. The first kappa shape index (κ1) is 6.55. The lowest BCUT2D eigenvalue weighted by atomic mass is 10.1. The van der Waals surface area contributed by atoms with E-state index in [-0.39, 0.29) is 6.04 Å². The number of nitrogens with one attached hydrogen (secondary N) is 2. The molecule has 1 atom stereocenters. The molecule has 0 aromatic heterocycles. The van der Waals surface area contributed by atoms with Crippen molar-refractivity contribution in [1.82, 2.24) is 11.1 Å². The van der Waals surface area contributed by atoms with Gasteiger partial charge in [-0.2, -0.15) is 0 Å². The Kier molecular flexibility index (Phi) is 2.05. The second-order valence-electron chi connectivity index (χ2n) is 2.37. The lowest BCUT2D eigenvalue weighted by Crippen LogP contribution is -2.40. The van der Waals surface area contributed by atoms with Crippen molar-refractivity contribution in [2.45, 2.75) is 25.3 Å². The highest BCUT2D eigenvalue weighted by atomic mass is 16.1. The van der Waals surface area contributed by atoms with Crippen molar-refractivity contribution in [3.63, 3.8) is 0 Å². The van der Waals surface area contributed by atoms with Crippen molar-refractivity contribution in [1.29, 1.82) is 0 Å². The van der Waals surface area contributed by atoms with Gasteiger partial charge in [0.15, 0.2) is 0 Å². The molecule has 0 aromatic rings. The molecule has 1 aliphatic rings. The lowest BCUT2D eigenvalue weighted by Gasteiger charge is -2.19. The summed E-state index contributed by atoms with van der Waals surface area (Å²) in [6.45, 7) is 0.898. The number of rotatable bonds is 1. The SMILES string of the molecule is [NH]C(=O)C1CCCCN1. The van der Waals surface area contributed by atoms with Crippen LogP contribution in [0.15, 0.2) is 0 Å². The van der Waals surface area contributed by atoms with Crippen LogP contribution in [0.5, 0.6) is 0 Å². The molecule has 1 amide bonds. The van der Waals surface area contributed by atoms with Crippen LogP contribution in [-0.2, 0) is 4.79 Å². The van der Waals surface area contributed by atoms with Crippen molar-refractivity contribution >= 4 is 5.91 Å². The van der Waals surface area contributed by atoms with E-state index in [1.165, 1.54) is 0 Å². The highest BCUT2D eigenvalue weighted by molar-refractivity contribution is 5.79. The monoisotopic (exact) mass is 127 g/mol. The van der Waals surface area contributed by atoms with Crippen molar-refractivity contribution in [3.8, 4) is 0 Å². The topological polar surface area (TPSA) is 52.9 Å². The molecular weight excluding hydrogens is 116 g/mol. The van der Waals surface area contributed by atoms with Gasteiger partial charge in [-0.15, -0.1) is 0 Å². The Hall–Kier alpha value is -0.570. The average Bonchev–Trinajstić information content (AvgIpc) is 1.90. The molecule has 1 unspecified atom stereocenters. The van der Waals surface area contributed by atoms with Crippen molar-refractivity contribution in [2.24, 2.45) is 0 Å². The first-order chi connectivity index (χ1) is 4.30. The molecule has 1 heterocycles. The maximum absolute atomic E-state index is 10.4. The molecule has 0 aliphatic carbocycles. The molecular formula is C6H11N2O. The summed E-state index contributed by atoms with van der Waals surface area (Å²) in [6.07, 6.45) is 3.08. The van der Waals surface area contributed by atoms with Gasteiger partial charge in [0.05, 0.1) is 6.04 Å². The molecule has 0 spiro atoms. The van der Waals surface area contributed by atoms with E-state index in [1.807, 2.05) is 0 Å². The summed E-state index contributed by atoms with van der Waals surface area (Å²) >= 11 is 0. The van der Waals surface area contributed by atoms with Crippen LogP contribution in [0, 0.1) is 0 Å².